The van der Waals surface area contributed by atoms with Crippen LogP contribution < -0.4 is 10.6 Å². The maximum absolute atomic E-state index is 14.4. The van der Waals surface area contributed by atoms with Gasteiger partial charge in [0.1, 0.15) is 23.7 Å². The molecule has 0 spiro atoms. The minimum Gasteiger partial charge on any atom is -0.453 e. The van der Waals surface area contributed by atoms with Crippen LogP contribution in [0, 0.1) is 5.92 Å². The molecule has 4 aromatic rings. The molecule has 3 aliphatic carbocycles. The lowest BCUT2D eigenvalue weighted by Crippen LogP contribution is -2.51. The smallest absolute Gasteiger partial charge is 0.407 e. The zero-order valence-corrected chi connectivity index (χ0v) is 36.0. The largest absolute Gasteiger partial charge is 0.453 e. The molecule has 3 saturated carbocycles. The molecule has 10 rings (SSSR count). The van der Waals surface area contributed by atoms with Gasteiger partial charge in [0.25, 0.3) is 0 Å². The van der Waals surface area contributed by atoms with E-state index in [9.17, 15) is 14.4 Å². The number of carbonyl (C=O) groups excluding carboxylic acids is 3. The minimum absolute atomic E-state index is 0.0666. The molecule has 324 valence electrons. The lowest BCUT2D eigenvalue weighted by atomic mass is 9.51. The number of hydrogen-bond acceptors (Lipinski definition) is 8. The van der Waals surface area contributed by atoms with Crippen LogP contribution in [0.25, 0.3) is 11.3 Å². The molecule has 4 atom stereocenters. The van der Waals surface area contributed by atoms with Gasteiger partial charge in [0.05, 0.1) is 31.1 Å². The number of ether oxygens (including phenoxy) is 2. The summed E-state index contributed by atoms with van der Waals surface area (Å²) in [7, 11) is 1.32. The van der Waals surface area contributed by atoms with Gasteiger partial charge in [0.15, 0.2) is 0 Å². The summed E-state index contributed by atoms with van der Waals surface area (Å²) in [6, 6.07) is 18.2. The summed E-state index contributed by atoms with van der Waals surface area (Å²) in [4.78, 5) is 61.2. The summed E-state index contributed by atoms with van der Waals surface area (Å²) >= 11 is 0. The van der Waals surface area contributed by atoms with Gasteiger partial charge >= 0.3 is 6.09 Å². The van der Waals surface area contributed by atoms with Crippen LogP contribution in [-0.2, 0) is 29.9 Å². The predicted octanol–water partition coefficient (Wildman–Crippen LogP) is 7.56. The van der Waals surface area contributed by atoms with E-state index in [1.165, 1.54) is 18.4 Å². The highest BCUT2D eigenvalue weighted by atomic mass is 16.5. The number of H-pyrrole nitrogens is 2. The van der Waals surface area contributed by atoms with Gasteiger partial charge in [0, 0.05) is 49.7 Å². The Morgan fingerprint density at radius 2 is 1.38 bits per heavy atom. The monoisotopic (exact) mass is 830 g/mol. The van der Waals surface area contributed by atoms with E-state index < -0.39 is 18.2 Å². The molecule has 3 aliphatic heterocycles. The first-order chi connectivity index (χ1) is 29.7. The molecule has 2 bridgehead atoms. The fourth-order valence-electron chi connectivity index (χ4n) is 11.2. The van der Waals surface area contributed by atoms with E-state index in [1.807, 2.05) is 54.2 Å². The van der Waals surface area contributed by atoms with Crippen molar-refractivity contribution in [3.05, 3.63) is 95.5 Å². The summed E-state index contributed by atoms with van der Waals surface area (Å²) in [6.07, 6.45) is 15.4. The van der Waals surface area contributed by atoms with E-state index in [2.05, 4.69) is 57.0 Å². The van der Waals surface area contributed by atoms with Gasteiger partial charge in [-0.1, -0.05) is 68.4 Å². The van der Waals surface area contributed by atoms with E-state index in [0.29, 0.717) is 13.1 Å². The van der Waals surface area contributed by atoms with Crippen molar-refractivity contribution >= 4 is 17.9 Å². The molecule has 13 nitrogen and oxygen atoms in total. The van der Waals surface area contributed by atoms with Gasteiger partial charge in [-0.25, -0.2) is 14.8 Å². The predicted molar refractivity (Wildman–Crippen MR) is 231 cm³/mol. The first kappa shape index (κ1) is 41.3. The summed E-state index contributed by atoms with van der Waals surface area (Å²) in [5.74, 6) is 1.65. The average molecular weight is 831 g/mol. The summed E-state index contributed by atoms with van der Waals surface area (Å²) in [6.45, 7) is 6.68. The summed E-state index contributed by atoms with van der Waals surface area (Å²) in [5, 5.41) is 6.45. The first-order valence-electron chi connectivity index (χ1n) is 22.7. The third kappa shape index (κ3) is 8.11. The summed E-state index contributed by atoms with van der Waals surface area (Å²) in [5.41, 5.74) is 5.90. The third-order valence-corrected chi connectivity index (χ3v) is 14.9. The summed E-state index contributed by atoms with van der Waals surface area (Å²) < 4.78 is 10.4. The number of imidazole rings is 2. The van der Waals surface area contributed by atoms with Crippen LogP contribution in [0.15, 0.2) is 67.0 Å². The van der Waals surface area contributed by atoms with E-state index in [0.717, 1.165) is 119 Å². The van der Waals surface area contributed by atoms with Crippen molar-refractivity contribution in [2.24, 2.45) is 5.92 Å². The Labute approximate surface area is 359 Å². The molecule has 61 heavy (non-hydrogen) atoms. The highest BCUT2D eigenvalue weighted by molar-refractivity contribution is 5.86. The number of aromatic amines is 2. The normalized spacial score (nSPS) is 26.4. The van der Waals surface area contributed by atoms with Crippen LogP contribution in [0.1, 0.15) is 137 Å². The van der Waals surface area contributed by atoms with Crippen molar-refractivity contribution in [3.8, 4) is 11.3 Å². The second-order valence-corrected chi connectivity index (χ2v) is 18.6. The van der Waals surface area contributed by atoms with E-state index in [4.69, 9.17) is 19.4 Å². The van der Waals surface area contributed by atoms with Gasteiger partial charge in [-0.3, -0.25) is 14.9 Å². The molecule has 6 aliphatic rings. The maximum Gasteiger partial charge on any atom is 0.407 e. The minimum atomic E-state index is -0.652. The number of methoxy groups -OCH3 is 1. The van der Waals surface area contributed by atoms with E-state index in [1.54, 1.807) is 0 Å². The maximum atomic E-state index is 14.4. The third-order valence-electron chi connectivity index (χ3n) is 14.9. The molecule has 4 N–H and O–H groups in total. The number of amides is 3. The van der Waals surface area contributed by atoms with Crippen molar-refractivity contribution in [1.82, 2.24) is 40.4 Å². The topological polar surface area (TPSA) is 158 Å². The van der Waals surface area contributed by atoms with Crippen molar-refractivity contribution < 1.29 is 23.9 Å². The van der Waals surface area contributed by atoms with Crippen LogP contribution in [0.5, 0.6) is 0 Å². The number of carbonyl (C=O) groups is 3. The molecular weight excluding hydrogens is 769 g/mol. The number of rotatable bonds is 12. The van der Waals surface area contributed by atoms with E-state index >= 15 is 0 Å². The number of nitrogens with zero attached hydrogens (tertiary/aromatic N) is 4. The second kappa shape index (κ2) is 17.4. The molecule has 3 saturated heterocycles. The van der Waals surface area contributed by atoms with Gasteiger partial charge in [-0.15, -0.1) is 0 Å². The Balaban J connectivity index is 0.845. The number of fused-ring (bicyclic) bond motifs is 3. The Morgan fingerprint density at radius 3 is 2.02 bits per heavy atom. The fourth-order valence-corrected chi connectivity index (χ4v) is 11.2. The molecule has 3 amide bonds. The molecule has 2 aromatic carbocycles. The van der Waals surface area contributed by atoms with Gasteiger partial charge in [-0.2, -0.15) is 0 Å². The van der Waals surface area contributed by atoms with Crippen molar-refractivity contribution in [1.29, 1.82) is 0 Å². The highest BCUT2D eigenvalue weighted by Gasteiger charge is 2.51. The molecule has 6 fully saturated rings. The molecule has 13 heteroatoms. The molecule has 5 heterocycles. The lowest BCUT2D eigenvalue weighted by Gasteiger charge is -2.53. The number of alkyl carbamates (subject to hydrolysis) is 1. The number of benzene rings is 2. The second-order valence-electron chi connectivity index (χ2n) is 18.6. The fraction of sp³-hybridized carbons (Fsp3) is 0.562. The number of aromatic nitrogens is 4. The van der Waals surface area contributed by atoms with Crippen LogP contribution in [0.2, 0.25) is 0 Å². The van der Waals surface area contributed by atoms with Crippen LogP contribution in [0.3, 0.4) is 0 Å². The van der Waals surface area contributed by atoms with Crippen LogP contribution in [-0.4, -0.2) is 93.1 Å². The highest BCUT2D eigenvalue weighted by Crippen LogP contribution is 2.58. The Hall–Kier alpha value is -5.01. The average Bonchev–Trinajstić information content (AvgIpc) is 4.16. The van der Waals surface area contributed by atoms with Gasteiger partial charge < -0.3 is 34.6 Å². The van der Waals surface area contributed by atoms with Crippen molar-refractivity contribution in [3.63, 3.8) is 0 Å². The number of likely N-dealkylation sites (tertiary alicyclic amines) is 2. The molecule has 2 aromatic heterocycles. The van der Waals surface area contributed by atoms with Crippen molar-refractivity contribution in [2.75, 3.05) is 33.4 Å². The van der Waals surface area contributed by atoms with Gasteiger partial charge in [-0.05, 0) is 105 Å². The zero-order chi connectivity index (χ0) is 42.1. The van der Waals surface area contributed by atoms with E-state index in [-0.39, 0.29) is 46.7 Å². The number of nitrogens with one attached hydrogen (secondary N) is 4. The standard InChI is InChI=1S/C48H62N8O5/c1-31(2)40(54-46(59)60-3)44(57)55-25-8-12-38(55)43-50-30-39(53-43)48-22-19-47(20-23-48,21-24-48)34-15-13-32(14-16-34)36-29-49-42(52-36)37-11-7-26-56(37)45(58)41(33-9-5-4-6-10-33)51-35-17-27-61-28-18-35/h4-6,9-10,13-16,29-31,35,37-38,40-41,51H,7-8,11-12,17-28H2,1-3H3,(H,49,52)(H,50,53)(H,54,59). The van der Waals surface area contributed by atoms with Crippen molar-refractivity contribution in [2.45, 2.75) is 132 Å². The Morgan fingerprint density at radius 1 is 0.770 bits per heavy atom. The number of hydrogen-bond donors (Lipinski definition) is 4. The van der Waals surface area contributed by atoms with Gasteiger partial charge in [0.2, 0.25) is 11.8 Å². The van der Waals surface area contributed by atoms with Crippen LogP contribution in [0.4, 0.5) is 4.79 Å². The lowest BCUT2D eigenvalue weighted by molar-refractivity contribution is -0.136. The Kier molecular flexibility index (Phi) is 11.8. The SMILES string of the molecule is COC(=O)NC(C(=O)N1CCCC1c1ncc(C23CCC(c4ccc(-c5cnc(C6CCCN6C(=O)C(NC6CCOCC6)c6ccccc6)[nH]5)cc4)(CC2)CC3)[nH]1)C(C)C. The molecular formula is C48H62N8O5. The molecule has 4 unspecified atom stereocenters. The Bertz CT molecular complexity index is 2140. The zero-order valence-electron chi connectivity index (χ0n) is 36.0. The quantitative estimate of drug-likeness (QED) is 0.114. The first-order valence-corrected chi connectivity index (χ1v) is 22.7. The molecule has 0 radical (unpaired) electrons. The van der Waals surface area contributed by atoms with Crippen LogP contribution >= 0.6 is 0 Å².